The minimum absolute atomic E-state index is 0.0484. The normalized spacial score (nSPS) is 13.9. The van der Waals surface area contributed by atoms with Crippen molar-refractivity contribution in [2.45, 2.75) is 32.6 Å². The number of nitrogens with zero attached hydrogens (tertiary/aromatic N) is 1. The second kappa shape index (κ2) is 8.22. The van der Waals surface area contributed by atoms with Gasteiger partial charge in [-0.15, -0.1) is 0 Å². The molecule has 0 bridgehead atoms. The molecule has 0 aromatic heterocycles. The van der Waals surface area contributed by atoms with Crippen molar-refractivity contribution in [2.24, 2.45) is 5.92 Å². The number of ether oxygens (including phenoxy) is 1. The molecule has 0 fully saturated rings. The third-order valence-electron chi connectivity index (χ3n) is 4.81. The number of amides is 1. The number of nitrogens with one attached hydrogen (secondary N) is 1. The lowest BCUT2D eigenvalue weighted by atomic mass is 9.98. The molecule has 6 nitrogen and oxygen atoms in total. The Bertz CT molecular complexity index is 953. The zero-order valence-corrected chi connectivity index (χ0v) is 17.3. The van der Waals surface area contributed by atoms with Crippen LogP contribution >= 0.6 is 0 Å². The number of carbonyl (C=O) groups is 1. The number of rotatable bonds is 6. The van der Waals surface area contributed by atoms with Crippen LogP contribution in [0.15, 0.2) is 42.5 Å². The van der Waals surface area contributed by atoms with Gasteiger partial charge in [0.05, 0.1) is 12.9 Å². The largest absolute Gasteiger partial charge is 0.497 e. The van der Waals surface area contributed by atoms with E-state index in [0.29, 0.717) is 30.1 Å². The number of carbonyl (C=O) groups excluding carboxylic acids is 1. The van der Waals surface area contributed by atoms with Crippen LogP contribution in [0.3, 0.4) is 0 Å². The van der Waals surface area contributed by atoms with Crippen molar-refractivity contribution in [2.75, 3.05) is 18.4 Å². The van der Waals surface area contributed by atoms with E-state index in [0.717, 1.165) is 17.5 Å². The summed E-state index contributed by atoms with van der Waals surface area (Å²) >= 11 is 0. The first-order valence-electron chi connectivity index (χ1n) is 9.31. The number of hydrogen-bond acceptors (Lipinski definition) is 4. The fraction of sp³-hybridized carbons (Fsp3) is 0.381. The average molecular weight is 403 g/mol. The molecular weight excluding hydrogens is 376 g/mol. The van der Waals surface area contributed by atoms with E-state index in [-0.39, 0.29) is 17.6 Å². The Labute approximate surface area is 166 Å². The minimum atomic E-state index is -3.55. The maximum absolute atomic E-state index is 12.5. The number of fused-ring (bicyclic) bond motifs is 1. The molecule has 1 heterocycles. The van der Waals surface area contributed by atoms with Gasteiger partial charge in [0.15, 0.2) is 0 Å². The molecule has 2 aromatic carbocycles. The molecular formula is C21H26N2O4S. The lowest BCUT2D eigenvalue weighted by Gasteiger charge is -2.30. The second-order valence-electron chi connectivity index (χ2n) is 7.36. The van der Waals surface area contributed by atoms with Crippen molar-refractivity contribution in [3.8, 4) is 5.75 Å². The van der Waals surface area contributed by atoms with E-state index in [9.17, 15) is 13.2 Å². The van der Waals surface area contributed by atoms with E-state index in [2.05, 4.69) is 4.72 Å². The van der Waals surface area contributed by atoms with Crippen LogP contribution in [-0.4, -0.2) is 32.9 Å². The number of benzene rings is 2. The molecule has 0 spiro atoms. The highest BCUT2D eigenvalue weighted by Gasteiger charge is 2.23. The smallest absolute Gasteiger partial charge is 0.236 e. The highest BCUT2D eigenvalue weighted by atomic mass is 32.2. The molecule has 3 rings (SSSR count). The second-order valence-corrected chi connectivity index (χ2v) is 9.08. The van der Waals surface area contributed by atoms with Gasteiger partial charge in [0.2, 0.25) is 15.9 Å². The predicted octanol–water partition coefficient (Wildman–Crippen LogP) is 3.18. The van der Waals surface area contributed by atoms with Crippen molar-refractivity contribution in [3.05, 3.63) is 59.2 Å². The summed E-state index contributed by atoms with van der Waals surface area (Å²) in [7, 11) is -1.98. The molecule has 150 valence electrons. The Kier molecular flexibility index (Phi) is 5.93. The zero-order chi connectivity index (χ0) is 20.3. The van der Waals surface area contributed by atoms with E-state index in [4.69, 9.17) is 4.74 Å². The van der Waals surface area contributed by atoms with Crippen LogP contribution in [0.5, 0.6) is 5.75 Å². The van der Waals surface area contributed by atoms with Crippen molar-refractivity contribution in [1.29, 1.82) is 0 Å². The van der Waals surface area contributed by atoms with Gasteiger partial charge < -0.3 is 9.64 Å². The fourth-order valence-electron chi connectivity index (χ4n) is 3.33. The minimum Gasteiger partial charge on any atom is -0.497 e. The van der Waals surface area contributed by atoms with E-state index in [1.807, 2.05) is 30.9 Å². The van der Waals surface area contributed by atoms with Crippen molar-refractivity contribution in [1.82, 2.24) is 4.90 Å². The van der Waals surface area contributed by atoms with Crippen molar-refractivity contribution in [3.63, 3.8) is 0 Å². The van der Waals surface area contributed by atoms with Gasteiger partial charge in [-0.2, -0.15) is 0 Å². The summed E-state index contributed by atoms with van der Waals surface area (Å²) in [5.74, 6) is 0.639. The predicted molar refractivity (Wildman–Crippen MR) is 110 cm³/mol. The van der Waals surface area contributed by atoms with Crippen molar-refractivity contribution < 1.29 is 17.9 Å². The fourth-order valence-corrected chi connectivity index (χ4v) is 4.52. The van der Waals surface area contributed by atoms with Gasteiger partial charge in [0.25, 0.3) is 0 Å². The van der Waals surface area contributed by atoms with Gasteiger partial charge >= 0.3 is 0 Å². The van der Waals surface area contributed by atoms with Crippen LogP contribution in [0.25, 0.3) is 0 Å². The lowest BCUT2D eigenvalue weighted by Crippen LogP contribution is -2.38. The van der Waals surface area contributed by atoms with Gasteiger partial charge in [-0.05, 0) is 47.4 Å². The summed E-state index contributed by atoms with van der Waals surface area (Å²) in [5.41, 5.74) is 3.35. The molecule has 0 aliphatic carbocycles. The summed E-state index contributed by atoms with van der Waals surface area (Å²) in [6.45, 7) is 5.00. The number of sulfonamides is 1. The molecule has 0 atom stereocenters. The SMILES string of the molecule is COc1ccc(CS(=O)(=O)Nc2ccc3c(c2)CN(C(=O)C(C)C)CC3)cc1. The maximum Gasteiger partial charge on any atom is 0.236 e. The van der Waals surface area contributed by atoms with Crippen LogP contribution in [0.4, 0.5) is 5.69 Å². The Morgan fingerprint density at radius 1 is 1.14 bits per heavy atom. The monoisotopic (exact) mass is 402 g/mol. The Balaban J connectivity index is 1.72. The van der Waals surface area contributed by atoms with Gasteiger partial charge in [-0.1, -0.05) is 32.0 Å². The molecule has 2 aromatic rings. The molecule has 0 radical (unpaired) electrons. The zero-order valence-electron chi connectivity index (χ0n) is 16.4. The maximum atomic E-state index is 12.5. The highest BCUT2D eigenvalue weighted by Crippen LogP contribution is 2.25. The van der Waals surface area contributed by atoms with E-state index < -0.39 is 10.0 Å². The van der Waals surface area contributed by atoms with Crippen molar-refractivity contribution >= 4 is 21.6 Å². The van der Waals surface area contributed by atoms with Gasteiger partial charge in [-0.3, -0.25) is 9.52 Å². The molecule has 1 aliphatic rings. The van der Waals surface area contributed by atoms with Gasteiger partial charge in [0.1, 0.15) is 5.75 Å². The summed E-state index contributed by atoms with van der Waals surface area (Å²) in [4.78, 5) is 14.1. The number of methoxy groups -OCH3 is 1. The molecule has 7 heteroatoms. The summed E-state index contributed by atoms with van der Waals surface area (Å²) in [5, 5.41) is 0. The average Bonchev–Trinajstić information content (AvgIpc) is 2.66. The standard InChI is InChI=1S/C21H26N2O4S/c1-15(2)21(24)23-11-10-17-6-7-19(12-18(17)13-23)22-28(25,26)14-16-4-8-20(27-3)9-5-16/h4-9,12,15,22H,10-11,13-14H2,1-3H3. The van der Waals surface area contributed by atoms with E-state index in [1.54, 1.807) is 37.4 Å². The van der Waals surface area contributed by atoms with E-state index in [1.165, 1.54) is 0 Å². The molecule has 0 unspecified atom stereocenters. The first kappa shape index (κ1) is 20.2. The van der Waals surface area contributed by atoms with Gasteiger partial charge in [0, 0.05) is 24.7 Å². The highest BCUT2D eigenvalue weighted by molar-refractivity contribution is 7.91. The third kappa shape index (κ3) is 4.84. The Morgan fingerprint density at radius 2 is 1.86 bits per heavy atom. The van der Waals surface area contributed by atoms with Crippen LogP contribution in [-0.2, 0) is 33.5 Å². The topological polar surface area (TPSA) is 75.7 Å². The summed E-state index contributed by atoms with van der Waals surface area (Å²) < 4.78 is 32.8. The van der Waals surface area contributed by atoms with E-state index >= 15 is 0 Å². The molecule has 0 saturated carbocycles. The number of hydrogen-bond donors (Lipinski definition) is 1. The molecule has 0 saturated heterocycles. The first-order valence-corrected chi connectivity index (χ1v) is 11.0. The number of anilines is 1. The molecule has 1 amide bonds. The lowest BCUT2D eigenvalue weighted by molar-refractivity contribution is -0.135. The van der Waals surface area contributed by atoms with Crippen LogP contribution in [0.2, 0.25) is 0 Å². The Morgan fingerprint density at radius 3 is 2.50 bits per heavy atom. The quantitative estimate of drug-likeness (QED) is 0.805. The van der Waals surface area contributed by atoms with Crippen LogP contribution < -0.4 is 9.46 Å². The summed E-state index contributed by atoms with van der Waals surface area (Å²) in [6.07, 6.45) is 0.784. The molecule has 28 heavy (non-hydrogen) atoms. The molecule has 1 N–H and O–H groups in total. The first-order chi connectivity index (χ1) is 13.3. The van der Waals surface area contributed by atoms with Crippen LogP contribution in [0, 0.1) is 5.92 Å². The summed E-state index contributed by atoms with van der Waals surface area (Å²) in [6, 6.07) is 12.5. The molecule has 1 aliphatic heterocycles. The van der Waals surface area contributed by atoms with Crippen LogP contribution in [0.1, 0.15) is 30.5 Å². The third-order valence-corrected chi connectivity index (χ3v) is 6.07. The Hall–Kier alpha value is -2.54. The van der Waals surface area contributed by atoms with Gasteiger partial charge in [-0.25, -0.2) is 8.42 Å².